The quantitative estimate of drug-likeness (QED) is 0.637. The van der Waals surface area contributed by atoms with E-state index in [9.17, 15) is 9.59 Å². The summed E-state index contributed by atoms with van der Waals surface area (Å²) in [6.45, 7) is 1.87. The number of nitrogens with zero attached hydrogens (tertiary/aromatic N) is 1. The highest BCUT2D eigenvalue weighted by Gasteiger charge is 2.29. The number of primary amides is 1. The van der Waals surface area contributed by atoms with Gasteiger partial charge in [0.15, 0.2) is 0 Å². The van der Waals surface area contributed by atoms with Crippen LogP contribution in [0.15, 0.2) is 54.6 Å². The Bertz CT molecular complexity index is 1160. The smallest absolute Gasteiger partial charge is 0.265 e. The van der Waals surface area contributed by atoms with E-state index < -0.39 is 0 Å². The molecule has 0 saturated carbocycles. The fourth-order valence-electron chi connectivity index (χ4n) is 4.33. The number of amides is 2. The third-order valence-electron chi connectivity index (χ3n) is 5.88. The van der Waals surface area contributed by atoms with Crippen molar-refractivity contribution >= 4 is 28.8 Å². The average Bonchev–Trinajstić information content (AvgIpc) is 3.42. The van der Waals surface area contributed by atoms with Crippen LogP contribution in [0.5, 0.6) is 5.75 Å². The molecule has 1 fully saturated rings. The molecule has 0 bridgehead atoms. The van der Waals surface area contributed by atoms with Gasteiger partial charge in [-0.25, -0.2) is 0 Å². The molecule has 0 aliphatic carbocycles. The van der Waals surface area contributed by atoms with E-state index >= 15 is 0 Å². The number of anilines is 1. The van der Waals surface area contributed by atoms with Crippen molar-refractivity contribution in [2.75, 3.05) is 11.9 Å². The van der Waals surface area contributed by atoms with Crippen LogP contribution in [-0.4, -0.2) is 29.3 Å². The summed E-state index contributed by atoms with van der Waals surface area (Å²) in [7, 11) is 0. The number of benzene rings is 2. The zero-order valence-corrected chi connectivity index (χ0v) is 17.8. The number of nitrogens with two attached hydrogens (primary N) is 1. The van der Waals surface area contributed by atoms with Gasteiger partial charge in [0.2, 0.25) is 5.91 Å². The Kier molecular flexibility index (Phi) is 5.21. The Balaban J connectivity index is 1.37. The highest BCUT2D eigenvalue weighted by molar-refractivity contribution is 7.17. The fourth-order valence-corrected chi connectivity index (χ4v) is 5.42. The minimum atomic E-state index is -0.286. The topological polar surface area (TPSA) is 84.7 Å². The number of rotatable bonds is 5. The Labute approximate surface area is 184 Å². The zero-order chi connectivity index (χ0) is 21.4. The first-order valence-corrected chi connectivity index (χ1v) is 11.2. The number of hydrogen-bond donors (Lipinski definition) is 2. The third kappa shape index (κ3) is 3.82. The summed E-state index contributed by atoms with van der Waals surface area (Å²) in [5.41, 5.74) is 9.34. The van der Waals surface area contributed by atoms with Gasteiger partial charge in [0.05, 0.1) is 10.9 Å². The lowest BCUT2D eigenvalue weighted by Crippen LogP contribution is -2.39. The lowest BCUT2D eigenvalue weighted by molar-refractivity contribution is -0.122. The number of nitrogens with one attached hydrogen (secondary N) is 1. The molecule has 2 aromatic carbocycles. The van der Waals surface area contributed by atoms with E-state index in [1.54, 1.807) is 0 Å². The van der Waals surface area contributed by atoms with Gasteiger partial charge in [-0.05, 0) is 49.2 Å². The predicted octanol–water partition coefficient (Wildman–Crippen LogP) is 4.01. The molecule has 7 heteroatoms. The summed E-state index contributed by atoms with van der Waals surface area (Å²) in [4.78, 5) is 28.6. The maximum Gasteiger partial charge on any atom is 0.265 e. The van der Waals surface area contributed by atoms with Crippen LogP contribution in [0.2, 0.25) is 0 Å². The second kappa shape index (κ2) is 8.17. The molecular formula is C24H23N3O3S. The molecule has 31 heavy (non-hydrogen) atoms. The Hall–Kier alpha value is -3.16. The van der Waals surface area contributed by atoms with E-state index in [0.29, 0.717) is 18.0 Å². The molecule has 3 heterocycles. The van der Waals surface area contributed by atoms with E-state index in [2.05, 4.69) is 10.2 Å². The number of carbonyl (C=O) groups is 2. The SMILES string of the molecule is NC(=O)C1CCCN1Cc1ccccc1NC(=O)c1cc2c(s1)-c1ccccc1OC2. The molecular weight excluding hydrogens is 410 g/mol. The standard InChI is InChI=1S/C24H23N3O3S/c25-23(28)19-9-5-11-27(19)13-15-6-1-3-8-18(15)26-24(29)21-12-16-14-30-20-10-4-2-7-17(20)22(16)31-21/h1-4,6-8,10,12,19H,5,9,11,13-14H2,(H2,25,28)(H,26,29). The number of fused-ring (bicyclic) bond motifs is 3. The molecule has 6 nitrogen and oxygen atoms in total. The molecule has 2 aliphatic heterocycles. The molecule has 1 unspecified atom stereocenters. The van der Waals surface area contributed by atoms with Crippen LogP contribution in [0.4, 0.5) is 5.69 Å². The first-order chi connectivity index (χ1) is 15.1. The molecule has 1 saturated heterocycles. The van der Waals surface area contributed by atoms with Gasteiger partial charge in [0.1, 0.15) is 12.4 Å². The second-order valence-electron chi connectivity index (χ2n) is 7.89. The number of hydrogen-bond acceptors (Lipinski definition) is 5. The summed E-state index contributed by atoms with van der Waals surface area (Å²) >= 11 is 1.48. The van der Waals surface area contributed by atoms with E-state index in [1.165, 1.54) is 11.3 Å². The average molecular weight is 434 g/mol. The monoisotopic (exact) mass is 433 g/mol. The van der Waals surface area contributed by atoms with Crippen LogP contribution in [0.25, 0.3) is 10.4 Å². The van der Waals surface area contributed by atoms with Crippen molar-refractivity contribution in [2.24, 2.45) is 5.73 Å². The van der Waals surface area contributed by atoms with E-state index in [-0.39, 0.29) is 17.9 Å². The second-order valence-corrected chi connectivity index (χ2v) is 8.94. The maximum atomic E-state index is 13.1. The van der Waals surface area contributed by atoms with Crippen molar-refractivity contribution in [1.82, 2.24) is 4.90 Å². The maximum absolute atomic E-state index is 13.1. The number of thiophene rings is 1. The lowest BCUT2D eigenvalue weighted by atomic mass is 10.1. The Morgan fingerprint density at radius 3 is 2.84 bits per heavy atom. The summed E-state index contributed by atoms with van der Waals surface area (Å²) in [5, 5.41) is 3.07. The predicted molar refractivity (Wildman–Crippen MR) is 121 cm³/mol. The molecule has 2 amide bonds. The van der Waals surface area contributed by atoms with Gasteiger partial charge in [-0.2, -0.15) is 0 Å². The normalized spacial score (nSPS) is 17.5. The number of likely N-dealkylation sites (tertiary alicyclic amines) is 1. The number of ether oxygens (including phenoxy) is 1. The van der Waals surface area contributed by atoms with Crippen LogP contribution in [0.3, 0.4) is 0 Å². The van der Waals surface area contributed by atoms with Crippen molar-refractivity contribution in [2.45, 2.75) is 32.0 Å². The molecule has 1 atom stereocenters. The molecule has 3 aromatic rings. The summed E-state index contributed by atoms with van der Waals surface area (Å²) in [5.74, 6) is 0.423. The molecule has 3 N–H and O–H groups in total. The van der Waals surface area contributed by atoms with Crippen molar-refractivity contribution in [1.29, 1.82) is 0 Å². The van der Waals surface area contributed by atoms with Gasteiger partial charge in [0.25, 0.3) is 5.91 Å². The highest BCUT2D eigenvalue weighted by Crippen LogP contribution is 2.42. The van der Waals surface area contributed by atoms with Gasteiger partial charge in [-0.3, -0.25) is 14.5 Å². The van der Waals surface area contributed by atoms with Gasteiger partial charge < -0.3 is 15.8 Å². The van der Waals surface area contributed by atoms with Crippen LogP contribution in [0.1, 0.15) is 33.6 Å². The van der Waals surface area contributed by atoms with E-state index in [1.807, 2.05) is 54.6 Å². The van der Waals surface area contributed by atoms with Crippen LogP contribution in [0, 0.1) is 0 Å². The Morgan fingerprint density at radius 1 is 1.16 bits per heavy atom. The first kappa shape index (κ1) is 19.8. The van der Waals surface area contributed by atoms with Gasteiger partial charge in [0, 0.05) is 28.2 Å². The molecule has 5 rings (SSSR count). The van der Waals surface area contributed by atoms with E-state index in [4.69, 9.17) is 10.5 Å². The van der Waals surface area contributed by atoms with Crippen LogP contribution in [-0.2, 0) is 17.9 Å². The molecule has 0 radical (unpaired) electrons. The molecule has 158 valence electrons. The fraction of sp³-hybridized carbons (Fsp3) is 0.250. The van der Waals surface area contributed by atoms with Gasteiger partial charge >= 0.3 is 0 Å². The van der Waals surface area contributed by atoms with Crippen LogP contribution < -0.4 is 15.8 Å². The zero-order valence-electron chi connectivity index (χ0n) is 17.0. The lowest BCUT2D eigenvalue weighted by Gasteiger charge is -2.23. The minimum absolute atomic E-state index is 0.141. The summed E-state index contributed by atoms with van der Waals surface area (Å²) in [6.07, 6.45) is 1.74. The highest BCUT2D eigenvalue weighted by atomic mass is 32.1. The minimum Gasteiger partial charge on any atom is -0.488 e. The third-order valence-corrected chi connectivity index (χ3v) is 7.09. The number of para-hydroxylation sites is 2. The van der Waals surface area contributed by atoms with E-state index in [0.717, 1.165) is 52.4 Å². The van der Waals surface area contributed by atoms with Crippen LogP contribution >= 0.6 is 11.3 Å². The molecule has 2 aliphatic rings. The van der Waals surface area contributed by atoms with Crippen molar-refractivity contribution in [3.8, 4) is 16.2 Å². The van der Waals surface area contributed by atoms with Crippen molar-refractivity contribution < 1.29 is 14.3 Å². The summed E-state index contributed by atoms with van der Waals surface area (Å²) < 4.78 is 5.82. The van der Waals surface area contributed by atoms with Gasteiger partial charge in [-0.1, -0.05) is 30.3 Å². The molecule has 0 spiro atoms. The van der Waals surface area contributed by atoms with Crippen molar-refractivity contribution in [3.63, 3.8) is 0 Å². The van der Waals surface area contributed by atoms with Crippen molar-refractivity contribution in [3.05, 3.63) is 70.6 Å². The molecule has 1 aromatic heterocycles. The largest absolute Gasteiger partial charge is 0.488 e. The first-order valence-electron chi connectivity index (χ1n) is 10.4. The summed E-state index contributed by atoms with van der Waals surface area (Å²) in [6, 6.07) is 17.3. The number of carbonyl (C=O) groups excluding carboxylic acids is 2. The van der Waals surface area contributed by atoms with Gasteiger partial charge in [-0.15, -0.1) is 11.3 Å². The Morgan fingerprint density at radius 2 is 1.97 bits per heavy atom.